The van der Waals surface area contributed by atoms with E-state index in [1.807, 2.05) is 25.1 Å². The number of ether oxygens (including phenoxy) is 1. The number of rotatable bonds is 5. The summed E-state index contributed by atoms with van der Waals surface area (Å²) < 4.78 is 6.26. The SMILES string of the molecule is CCOc1ccc(/C=C2\SC(=O)N(Cc3c(Cl)cccc3Cl)C2=O)cc1Br. The van der Waals surface area contributed by atoms with Gasteiger partial charge in [-0.3, -0.25) is 14.5 Å². The number of carbonyl (C=O) groups is 2. The molecule has 1 aliphatic rings. The zero-order valence-electron chi connectivity index (χ0n) is 14.2. The fraction of sp³-hybridized carbons (Fsp3) is 0.158. The molecule has 0 atom stereocenters. The first-order valence-corrected chi connectivity index (χ1v) is 10.4. The molecule has 3 rings (SSSR count). The molecule has 0 unspecified atom stereocenters. The maximum atomic E-state index is 12.7. The molecule has 0 N–H and O–H groups in total. The summed E-state index contributed by atoms with van der Waals surface area (Å²) in [5.74, 6) is 0.349. The fourth-order valence-corrected chi connectivity index (χ4v) is 4.37. The topological polar surface area (TPSA) is 46.6 Å². The van der Waals surface area contributed by atoms with E-state index in [4.69, 9.17) is 27.9 Å². The largest absolute Gasteiger partial charge is 0.493 e. The quantitative estimate of drug-likeness (QED) is 0.459. The lowest BCUT2D eigenvalue weighted by Gasteiger charge is -2.14. The lowest BCUT2D eigenvalue weighted by molar-refractivity contribution is -0.123. The van der Waals surface area contributed by atoms with Crippen molar-refractivity contribution in [2.45, 2.75) is 13.5 Å². The number of nitrogens with zero attached hydrogens (tertiary/aromatic N) is 1. The smallest absolute Gasteiger partial charge is 0.293 e. The van der Waals surface area contributed by atoms with E-state index in [0.717, 1.165) is 32.4 Å². The third-order valence-electron chi connectivity index (χ3n) is 3.81. The molecule has 4 nitrogen and oxygen atoms in total. The maximum Gasteiger partial charge on any atom is 0.293 e. The zero-order chi connectivity index (χ0) is 19.6. The van der Waals surface area contributed by atoms with E-state index in [2.05, 4.69) is 15.9 Å². The molecular weight excluding hydrogens is 473 g/mol. The van der Waals surface area contributed by atoms with Gasteiger partial charge in [0, 0.05) is 15.6 Å². The van der Waals surface area contributed by atoms with Crippen molar-refractivity contribution in [2.24, 2.45) is 0 Å². The van der Waals surface area contributed by atoms with Gasteiger partial charge in [-0.05, 0) is 70.5 Å². The number of thioether (sulfide) groups is 1. The molecule has 2 aromatic carbocycles. The minimum absolute atomic E-state index is 0.0352. The summed E-state index contributed by atoms with van der Waals surface area (Å²) in [6.07, 6.45) is 1.68. The summed E-state index contributed by atoms with van der Waals surface area (Å²) in [4.78, 5) is 26.5. The number of benzene rings is 2. The Labute approximate surface area is 179 Å². The van der Waals surface area contributed by atoms with E-state index in [9.17, 15) is 9.59 Å². The first-order valence-electron chi connectivity index (χ1n) is 8.01. The predicted octanol–water partition coefficient (Wildman–Crippen LogP) is 6.39. The normalized spacial score (nSPS) is 15.7. The van der Waals surface area contributed by atoms with E-state index in [-0.39, 0.29) is 17.7 Å². The van der Waals surface area contributed by atoms with E-state index >= 15 is 0 Å². The number of imide groups is 1. The predicted molar refractivity (Wildman–Crippen MR) is 113 cm³/mol. The van der Waals surface area contributed by atoms with Crippen LogP contribution in [0.2, 0.25) is 10.0 Å². The van der Waals surface area contributed by atoms with Crippen LogP contribution in [0.5, 0.6) is 5.75 Å². The minimum Gasteiger partial charge on any atom is -0.493 e. The Morgan fingerprint density at radius 1 is 1.19 bits per heavy atom. The molecule has 0 radical (unpaired) electrons. The van der Waals surface area contributed by atoms with Crippen LogP contribution < -0.4 is 4.74 Å². The summed E-state index contributed by atoms with van der Waals surface area (Å²) in [7, 11) is 0. The van der Waals surface area contributed by atoms with E-state index in [1.54, 1.807) is 24.3 Å². The number of amides is 2. The van der Waals surface area contributed by atoms with Crippen molar-refractivity contribution in [3.8, 4) is 5.75 Å². The second-order valence-electron chi connectivity index (χ2n) is 5.59. The first-order chi connectivity index (χ1) is 12.9. The second kappa shape index (κ2) is 8.69. The summed E-state index contributed by atoms with van der Waals surface area (Å²) in [5.41, 5.74) is 1.33. The van der Waals surface area contributed by atoms with Crippen LogP contribution in [0.1, 0.15) is 18.1 Å². The molecule has 2 aromatic rings. The molecule has 1 fully saturated rings. The molecule has 1 saturated heterocycles. The van der Waals surface area contributed by atoms with Crippen molar-refractivity contribution >= 4 is 68.1 Å². The van der Waals surface area contributed by atoms with Crippen molar-refractivity contribution in [2.75, 3.05) is 6.61 Å². The third-order valence-corrected chi connectivity index (χ3v) is 6.04. The van der Waals surface area contributed by atoms with Gasteiger partial charge in [0.05, 0.1) is 22.5 Å². The van der Waals surface area contributed by atoms with Gasteiger partial charge in [-0.1, -0.05) is 35.3 Å². The van der Waals surface area contributed by atoms with Crippen LogP contribution in [0.15, 0.2) is 45.8 Å². The highest BCUT2D eigenvalue weighted by Gasteiger charge is 2.35. The number of carbonyl (C=O) groups excluding carboxylic acids is 2. The molecule has 1 aliphatic heterocycles. The van der Waals surface area contributed by atoms with Gasteiger partial charge >= 0.3 is 0 Å². The summed E-state index contributed by atoms with van der Waals surface area (Å²) in [5, 5.41) is 0.481. The van der Waals surface area contributed by atoms with Crippen LogP contribution in [-0.4, -0.2) is 22.7 Å². The van der Waals surface area contributed by atoms with Crippen LogP contribution in [0.3, 0.4) is 0 Å². The lowest BCUT2D eigenvalue weighted by Crippen LogP contribution is -2.27. The average Bonchev–Trinajstić information content (AvgIpc) is 2.87. The minimum atomic E-state index is -0.369. The van der Waals surface area contributed by atoms with Crippen LogP contribution in [-0.2, 0) is 11.3 Å². The Morgan fingerprint density at radius 2 is 1.89 bits per heavy atom. The van der Waals surface area contributed by atoms with Gasteiger partial charge < -0.3 is 4.74 Å². The monoisotopic (exact) mass is 485 g/mol. The third kappa shape index (κ3) is 4.51. The number of halogens is 3. The van der Waals surface area contributed by atoms with E-state index in [0.29, 0.717) is 27.1 Å². The van der Waals surface area contributed by atoms with Crippen molar-refractivity contribution in [1.82, 2.24) is 4.90 Å². The fourth-order valence-electron chi connectivity index (χ4n) is 2.51. The Hall–Kier alpha value is -1.47. The zero-order valence-corrected chi connectivity index (χ0v) is 18.1. The molecule has 2 amide bonds. The molecule has 0 bridgehead atoms. The summed E-state index contributed by atoms with van der Waals surface area (Å²) in [6.45, 7) is 2.50. The van der Waals surface area contributed by atoms with Gasteiger partial charge in [0.1, 0.15) is 5.75 Å². The Bertz CT molecular complexity index is 928. The molecular formula is C19H14BrCl2NO3S. The molecule has 0 aromatic heterocycles. The van der Waals surface area contributed by atoms with Crippen molar-refractivity contribution in [3.05, 3.63) is 66.9 Å². The van der Waals surface area contributed by atoms with Crippen molar-refractivity contribution < 1.29 is 14.3 Å². The van der Waals surface area contributed by atoms with Gasteiger partial charge in [0.25, 0.3) is 11.1 Å². The van der Waals surface area contributed by atoms with Gasteiger partial charge in [-0.25, -0.2) is 0 Å². The van der Waals surface area contributed by atoms with Crippen molar-refractivity contribution in [1.29, 1.82) is 0 Å². The molecule has 8 heteroatoms. The Balaban J connectivity index is 1.83. The highest BCUT2D eigenvalue weighted by molar-refractivity contribution is 9.10. The average molecular weight is 487 g/mol. The molecule has 27 heavy (non-hydrogen) atoms. The standard InChI is InChI=1S/C19H14BrCl2NO3S/c1-2-26-16-7-6-11(8-13(16)20)9-17-18(24)23(19(25)27-17)10-12-14(21)4-3-5-15(12)22/h3-9H,2,10H2,1H3/b17-9-. The summed E-state index contributed by atoms with van der Waals surface area (Å²) in [6, 6.07) is 10.5. The van der Waals surface area contributed by atoms with Crippen LogP contribution in [0.25, 0.3) is 6.08 Å². The highest BCUT2D eigenvalue weighted by atomic mass is 79.9. The van der Waals surface area contributed by atoms with E-state index < -0.39 is 0 Å². The molecule has 0 saturated carbocycles. The first kappa shape index (κ1) is 20.3. The Morgan fingerprint density at radius 3 is 2.52 bits per heavy atom. The van der Waals surface area contributed by atoms with Crippen LogP contribution in [0, 0.1) is 0 Å². The van der Waals surface area contributed by atoms with Crippen LogP contribution >= 0.6 is 50.9 Å². The van der Waals surface area contributed by atoms with Crippen molar-refractivity contribution in [3.63, 3.8) is 0 Å². The molecule has 140 valence electrons. The van der Waals surface area contributed by atoms with Gasteiger partial charge in [-0.2, -0.15) is 0 Å². The number of hydrogen-bond donors (Lipinski definition) is 0. The molecule has 1 heterocycles. The summed E-state index contributed by atoms with van der Waals surface area (Å²) >= 11 is 16.6. The lowest BCUT2D eigenvalue weighted by atomic mass is 10.2. The highest BCUT2D eigenvalue weighted by Crippen LogP contribution is 2.36. The van der Waals surface area contributed by atoms with Crippen LogP contribution in [0.4, 0.5) is 4.79 Å². The Kier molecular flexibility index (Phi) is 6.52. The van der Waals surface area contributed by atoms with E-state index in [1.165, 1.54) is 0 Å². The second-order valence-corrected chi connectivity index (χ2v) is 8.25. The molecule has 0 aliphatic carbocycles. The van der Waals surface area contributed by atoms with Gasteiger partial charge in [-0.15, -0.1) is 0 Å². The molecule has 0 spiro atoms. The maximum absolute atomic E-state index is 12.7. The van der Waals surface area contributed by atoms with Gasteiger partial charge in [0.15, 0.2) is 0 Å². The number of hydrogen-bond acceptors (Lipinski definition) is 4. The van der Waals surface area contributed by atoms with Gasteiger partial charge in [0.2, 0.25) is 0 Å².